The van der Waals surface area contributed by atoms with Crippen molar-refractivity contribution in [1.82, 2.24) is 10.4 Å². The predicted molar refractivity (Wildman–Crippen MR) is 109 cm³/mol. The summed E-state index contributed by atoms with van der Waals surface area (Å²) in [5.41, 5.74) is 4.77. The molecule has 2 aliphatic carbocycles. The van der Waals surface area contributed by atoms with Crippen LogP contribution in [0.2, 0.25) is 0 Å². The molecule has 0 aliphatic heterocycles. The lowest BCUT2D eigenvalue weighted by atomic mass is 10.1. The van der Waals surface area contributed by atoms with Crippen LogP contribution in [0.4, 0.5) is 29.1 Å². The first-order valence-electron chi connectivity index (χ1n) is 10.3. The summed E-state index contributed by atoms with van der Waals surface area (Å²) in [4.78, 5) is 17.3. The van der Waals surface area contributed by atoms with E-state index in [0.29, 0.717) is 18.9 Å². The normalized spacial score (nSPS) is 20.3. The Morgan fingerprint density at radius 1 is 1.19 bits per heavy atom. The number of rotatable bonds is 8. The van der Waals surface area contributed by atoms with Crippen LogP contribution >= 0.6 is 0 Å². The van der Waals surface area contributed by atoms with Crippen molar-refractivity contribution in [2.45, 2.75) is 37.8 Å². The number of pyridine rings is 1. The van der Waals surface area contributed by atoms with Crippen LogP contribution in [0, 0.1) is 17.7 Å². The average molecular weight is 436 g/mol. The molecule has 0 bridgehead atoms. The third-order valence-corrected chi connectivity index (χ3v) is 5.84. The molecule has 2 atom stereocenters. The van der Waals surface area contributed by atoms with Crippen molar-refractivity contribution in [2.24, 2.45) is 11.8 Å². The molecule has 2 aliphatic rings. The topological polar surface area (TPSA) is 57.3 Å². The first-order chi connectivity index (χ1) is 14.7. The Labute approximate surface area is 177 Å². The number of carbonyl (C=O) groups is 1. The Bertz CT molecular complexity index is 944. The molecule has 0 radical (unpaired) electrons. The highest BCUT2D eigenvalue weighted by atomic mass is 19.4. The number of hydrazine groups is 1. The molecule has 0 unspecified atom stereocenters. The minimum absolute atomic E-state index is 0.00815. The lowest BCUT2D eigenvalue weighted by Crippen LogP contribution is -2.32. The molecule has 4 rings (SSSR count). The zero-order chi connectivity index (χ0) is 22.2. The van der Waals surface area contributed by atoms with Crippen LogP contribution in [0.3, 0.4) is 0 Å². The second-order valence-corrected chi connectivity index (χ2v) is 8.41. The van der Waals surface area contributed by atoms with Crippen molar-refractivity contribution in [3.8, 4) is 0 Å². The van der Waals surface area contributed by atoms with Crippen molar-refractivity contribution in [3.63, 3.8) is 0 Å². The van der Waals surface area contributed by atoms with Crippen LogP contribution in [-0.4, -0.2) is 24.5 Å². The van der Waals surface area contributed by atoms with Crippen LogP contribution in [0.15, 0.2) is 36.5 Å². The fraction of sp³-hybridized carbons (Fsp3) is 0.455. The van der Waals surface area contributed by atoms with Gasteiger partial charge in [0, 0.05) is 26.2 Å². The van der Waals surface area contributed by atoms with E-state index in [4.69, 9.17) is 0 Å². The lowest BCUT2D eigenvalue weighted by Gasteiger charge is -2.25. The summed E-state index contributed by atoms with van der Waals surface area (Å²) in [6.45, 7) is 0.419. The number of nitrogens with one attached hydrogen (secondary N) is 2. The number of hydrogen-bond donors (Lipinski definition) is 2. The van der Waals surface area contributed by atoms with Crippen LogP contribution in [0.5, 0.6) is 0 Å². The van der Waals surface area contributed by atoms with Gasteiger partial charge in [-0.25, -0.2) is 9.37 Å². The average Bonchev–Trinajstić information content (AvgIpc) is 3.63. The second-order valence-electron chi connectivity index (χ2n) is 8.41. The minimum atomic E-state index is -4.65. The molecule has 166 valence electrons. The molecule has 31 heavy (non-hydrogen) atoms. The molecule has 1 amide bonds. The maximum atomic E-state index is 13.9. The summed E-state index contributed by atoms with van der Waals surface area (Å²) in [6, 6.07) is 7.57. The first-order valence-corrected chi connectivity index (χ1v) is 10.3. The summed E-state index contributed by atoms with van der Waals surface area (Å²) >= 11 is 0. The smallest absolute Gasteiger partial charge is 0.374 e. The van der Waals surface area contributed by atoms with E-state index in [9.17, 15) is 22.4 Å². The number of nitrogens with zero attached hydrogens (tertiary/aromatic N) is 2. The van der Waals surface area contributed by atoms with Gasteiger partial charge in [0.2, 0.25) is 5.91 Å². The Morgan fingerprint density at radius 2 is 1.90 bits per heavy atom. The van der Waals surface area contributed by atoms with Gasteiger partial charge >= 0.3 is 6.18 Å². The first kappa shape index (κ1) is 21.4. The Hall–Kier alpha value is -2.84. The zero-order valence-electron chi connectivity index (χ0n) is 17.0. The van der Waals surface area contributed by atoms with Gasteiger partial charge in [-0.1, -0.05) is 12.1 Å². The van der Waals surface area contributed by atoms with Crippen LogP contribution < -0.4 is 15.8 Å². The van der Waals surface area contributed by atoms with E-state index >= 15 is 0 Å². The predicted octanol–water partition coefficient (Wildman–Crippen LogP) is 4.72. The number of aromatic nitrogens is 1. The minimum Gasteiger partial charge on any atom is -0.374 e. The molecule has 1 heterocycles. The molecule has 9 heteroatoms. The van der Waals surface area contributed by atoms with E-state index in [-0.39, 0.29) is 29.2 Å². The van der Waals surface area contributed by atoms with Crippen molar-refractivity contribution in [1.29, 1.82) is 0 Å². The van der Waals surface area contributed by atoms with Gasteiger partial charge in [-0.05, 0) is 60.8 Å². The summed E-state index contributed by atoms with van der Waals surface area (Å²) in [7, 11) is 1.61. The SMILES string of the molecule is CN(C[C@@H]1C[C@H]1c1ccc(F)cc1)c1ccnc(NNC(=O)CC2CC2)c1C(F)(F)F. The van der Waals surface area contributed by atoms with Crippen LogP contribution in [-0.2, 0) is 11.0 Å². The number of hydrogen-bond acceptors (Lipinski definition) is 4. The fourth-order valence-corrected chi connectivity index (χ4v) is 3.93. The number of alkyl halides is 3. The van der Waals surface area contributed by atoms with E-state index in [2.05, 4.69) is 15.8 Å². The van der Waals surface area contributed by atoms with E-state index in [1.807, 2.05) is 0 Å². The van der Waals surface area contributed by atoms with E-state index in [1.165, 1.54) is 24.4 Å². The van der Waals surface area contributed by atoms with Crippen LogP contribution in [0.1, 0.15) is 42.7 Å². The fourth-order valence-electron chi connectivity index (χ4n) is 3.93. The monoisotopic (exact) mass is 436 g/mol. The van der Waals surface area contributed by atoms with E-state index < -0.39 is 17.6 Å². The van der Waals surface area contributed by atoms with Gasteiger partial charge in [0.25, 0.3) is 0 Å². The largest absolute Gasteiger partial charge is 0.422 e. The highest BCUT2D eigenvalue weighted by molar-refractivity contribution is 5.78. The second kappa shape index (κ2) is 8.36. The van der Waals surface area contributed by atoms with Gasteiger partial charge in [-0.15, -0.1) is 0 Å². The molecule has 0 spiro atoms. The third kappa shape index (κ3) is 5.26. The van der Waals surface area contributed by atoms with Crippen molar-refractivity contribution < 1.29 is 22.4 Å². The maximum absolute atomic E-state index is 13.9. The molecule has 1 aromatic heterocycles. The molecule has 5 nitrogen and oxygen atoms in total. The molecular formula is C22H24F4N4O. The molecule has 2 fully saturated rings. The number of anilines is 2. The van der Waals surface area contributed by atoms with Gasteiger partial charge in [-0.2, -0.15) is 13.2 Å². The number of carbonyl (C=O) groups excluding carboxylic acids is 1. The standard InChI is InChI=1S/C22H24F4N4O/c1-30(12-15-11-17(15)14-4-6-16(23)7-5-14)18-8-9-27-21(20(18)22(24,25)26)29-28-19(31)10-13-2-3-13/h4-9,13,15,17H,2-3,10-12H2,1H3,(H,27,29)(H,28,31)/t15-,17-/m0/s1. The summed E-state index contributed by atoms with van der Waals surface area (Å²) in [5, 5.41) is 0. The molecule has 0 saturated heterocycles. The van der Waals surface area contributed by atoms with Crippen molar-refractivity contribution >= 4 is 17.4 Å². The van der Waals surface area contributed by atoms with Gasteiger partial charge in [-0.3, -0.25) is 15.6 Å². The molecule has 2 aromatic rings. The summed E-state index contributed by atoms with van der Waals surface area (Å²) in [5.74, 6) is -0.378. The van der Waals surface area contributed by atoms with Gasteiger partial charge in [0.05, 0.1) is 5.69 Å². The Morgan fingerprint density at radius 3 is 2.55 bits per heavy atom. The highest BCUT2D eigenvalue weighted by Gasteiger charge is 2.42. The summed E-state index contributed by atoms with van der Waals surface area (Å²) < 4.78 is 54.8. The van der Waals surface area contributed by atoms with Gasteiger partial charge < -0.3 is 4.90 Å². The number of amides is 1. The van der Waals surface area contributed by atoms with E-state index in [0.717, 1.165) is 24.8 Å². The molecule has 2 N–H and O–H groups in total. The van der Waals surface area contributed by atoms with E-state index in [1.54, 1.807) is 24.1 Å². The Balaban J connectivity index is 1.46. The Kier molecular flexibility index (Phi) is 5.77. The zero-order valence-corrected chi connectivity index (χ0v) is 17.0. The number of halogens is 4. The molecular weight excluding hydrogens is 412 g/mol. The van der Waals surface area contributed by atoms with Crippen molar-refractivity contribution in [3.05, 3.63) is 53.5 Å². The third-order valence-electron chi connectivity index (χ3n) is 5.84. The highest BCUT2D eigenvalue weighted by Crippen LogP contribution is 2.49. The van der Waals surface area contributed by atoms with Crippen molar-refractivity contribution in [2.75, 3.05) is 23.9 Å². The van der Waals surface area contributed by atoms with Crippen LogP contribution in [0.25, 0.3) is 0 Å². The quantitative estimate of drug-likeness (QED) is 0.464. The maximum Gasteiger partial charge on any atom is 0.422 e. The van der Waals surface area contributed by atoms with Gasteiger partial charge in [0.1, 0.15) is 11.4 Å². The lowest BCUT2D eigenvalue weighted by molar-refractivity contribution is -0.136. The summed E-state index contributed by atoms with van der Waals surface area (Å²) in [6.07, 6.45) is -0.285. The molecule has 1 aromatic carbocycles. The number of benzene rings is 1. The van der Waals surface area contributed by atoms with Gasteiger partial charge in [0.15, 0.2) is 5.82 Å². The molecule has 2 saturated carbocycles.